The summed E-state index contributed by atoms with van der Waals surface area (Å²) in [5.74, 6) is -0.0203. The van der Waals surface area contributed by atoms with Crippen LogP contribution in [0.25, 0.3) is 0 Å². The number of carbonyl (C=O) groups excluding carboxylic acids is 1. The molecule has 2 unspecified atom stereocenters. The molecule has 1 amide bonds. The Kier molecular flexibility index (Phi) is 6.46. The fourth-order valence-electron chi connectivity index (χ4n) is 2.35. The number of ether oxygens (including phenoxy) is 1. The van der Waals surface area contributed by atoms with Crippen LogP contribution in [0.2, 0.25) is 0 Å². The van der Waals surface area contributed by atoms with Crippen LogP contribution in [-0.4, -0.2) is 24.7 Å². The van der Waals surface area contributed by atoms with Gasteiger partial charge in [0.15, 0.2) is 0 Å². The molecule has 0 spiro atoms. The van der Waals surface area contributed by atoms with Crippen LogP contribution in [0.4, 0.5) is 0 Å². The number of halogens is 1. The molecule has 0 bridgehead atoms. The lowest BCUT2D eigenvalue weighted by atomic mass is 10.0. The largest absolute Gasteiger partial charge is 0.373 e. The van der Waals surface area contributed by atoms with Crippen LogP contribution in [-0.2, 0) is 9.53 Å². The number of amides is 1. The molecule has 0 aliphatic carbocycles. The molecule has 1 heterocycles. The van der Waals surface area contributed by atoms with Crippen molar-refractivity contribution in [3.8, 4) is 0 Å². The van der Waals surface area contributed by atoms with Gasteiger partial charge in [0.05, 0.1) is 5.60 Å². The maximum atomic E-state index is 11.9. The standard InChI is InChI=1S/C15H22N2O2.ClH/c1-15(8-5-9-19-15)11-17-14(18)10-13(16)12-6-3-2-4-7-12;/h2-4,6-7,13H,5,8-11,16H2,1H3,(H,17,18);1H. The Balaban J connectivity index is 0.00000200. The maximum Gasteiger partial charge on any atom is 0.222 e. The summed E-state index contributed by atoms with van der Waals surface area (Å²) >= 11 is 0. The molecule has 0 aromatic heterocycles. The first-order valence-corrected chi connectivity index (χ1v) is 6.80. The highest BCUT2D eigenvalue weighted by Gasteiger charge is 2.30. The van der Waals surface area contributed by atoms with Crippen LogP contribution >= 0.6 is 12.4 Å². The second-order valence-electron chi connectivity index (χ2n) is 5.40. The van der Waals surface area contributed by atoms with E-state index in [0.717, 1.165) is 25.0 Å². The molecule has 5 heteroatoms. The normalized spacial score (nSPS) is 22.9. The predicted octanol–water partition coefficient (Wildman–Crippen LogP) is 2.18. The van der Waals surface area contributed by atoms with E-state index in [2.05, 4.69) is 5.32 Å². The van der Waals surface area contributed by atoms with Crippen LogP contribution in [0.1, 0.15) is 37.8 Å². The first kappa shape index (κ1) is 17.0. The van der Waals surface area contributed by atoms with Gasteiger partial charge in [0, 0.05) is 25.6 Å². The van der Waals surface area contributed by atoms with Crippen molar-refractivity contribution in [3.63, 3.8) is 0 Å². The third kappa shape index (κ3) is 4.78. The summed E-state index contributed by atoms with van der Waals surface area (Å²) in [4.78, 5) is 11.9. The molecule has 1 fully saturated rings. The molecule has 112 valence electrons. The third-order valence-electron chi connectivity index (χ3n) is 3.59. The molecule has 0 radical (unpaired) electrons. The fourth-order valence-corrected chi connectivity index (χ4v) is 2.35. The number of carbonyl (C=O) groups is 1. The molecule has 1 aliphatic rings. The summed E-state index contributed by atoms with van der Waals surface area (Å²) in [7, 11) is 0. The number of nitrogens with two attached hydrogens (primary N) is 1. The lowest BCUT2D eigenvalue weighted by molar-refractivity contribution is -0.122. The second-order valence-corrected chi connectivity index (χ2v) is 5.40. The summed E-state index contributed by atoms with van der Waals surface area (Å²) in [6.45, 7) is 3.39. The minimum Gasteiger partial charge on any atom is -0.373 e. The van der Waals surface area contributed by atoms with E-state index < -0.39 is 0 Å². The van der Waals surface area contributed by atoms with E-state index in [4.69, 9.17) is 10.5 Å². The van der Waals surface area contributed by atoms with Gasteiger partial charge in [0.25, 0.3) is 0 Å². The van der Waals surface area contributed by atoms with E-state index in [1.165, 1.54) is 0 Å². The molecule has 2 rings (SSSR count). The zero-order chi connectivity index (χ0) is 13.7. The van der Waals surface area contributed by atoms with Gasteiger partial charge in [0.1, 0.15) is 0 Å². The highest BCUT2D eigenvalue weighted by molar-refractivity contribution is 5.85. The Morgan fingerprint density at radius 1 is 1.45 bits per heavy atom. The summed E-state index contributed by atoms with van der Waals surface area (Å²) < 4.78 is 5.63. The maximum absolute atomic E-state index is 11.9. The lowest BCUT2D eigenvalue weighted by Gasteiger charge is -2.23. The van der Waals surface area contributed by atoms with Gasteiger partial charge in [-0.1, -0.05) is 30.3 Å². The van der Waals surface area contributed by atoms with Gasteiger partial charge >= 0.3 is 0 Å². The molecule has 20 heavy (non-hydrogen) atoms. The Bertz CT molecular complexity index is 419. The zero-order valence-corrected chi connectivity index (χ0v) is 12.6. The Labute approximate surface area is 126 Å². The highest BCUT2D eigenvalue weighted by Crippen LogP contribution is 2.24. The van der Waals surface area contributed by atoms with Crippen molar-refractivity contribution in [2.75, 3.05) is 13.2 Å². The van der Waals surface area contributed by atoms with Gasteiger partial charge in [-0.25, -0.2) is 0 Å². The minimum atomic E-state index is -0.251. The van der Waals surface area contributed by atoms with Gasteiger partial charge in [-0.15, -0.1) is 12.4 Å². The van der Waals surface area contributed by atoms with Crippen molar-refractivity contribution in [2.45, 2.75) is 37.8 Å². The van der Waals surface area contributed by atoms with Crippen molar-refractivity contribution in [1.82, 2.24) is 5.32 Å². The summed E-state index contributed by atoms with van der Waals surface area (Å²) in [5.41, 5.74) is 6.81. The summed E-state index contributed by atoms with van der Waals surface area (Å²) in [5, 5.41) is 2.92. The fraction of sp³-hybridized carbons (Fsp3) is 0.533. The molecule has 2 atom stereocenters. The van der Waals surface area contributed by atoms with Crippen molar-refractivity contribution < 1.29 is 9.53 Å². The first-order valence-electron chi connectivity index (χ1n) is 6.80. The smallest absolute Gasteiger partial charge is 0.222 e. The van der Waals surface area contributed by atoms with Gasteiger partial charge in [0.2, 0.25) is 5.91 Å². The second kappa shape index (κ2) is 7.62. The zero-order valence-electron chi connectivity index (χ0n) is 11.8. The third-order valence-corrected chi connectivity index (χ3v) is 3.59. The SMILES string of the molecule is CC1(CNC(=O)CC(N)c2ccccc2)CCCO1.Cl. The average Bonchev–Trinajstić information content (AvgIpc) is 2.85. The molecule has 1 aliphatic heterocycles. The number of benzene rings is 1. The molecular weight excluding hydrogens is 276 g/mol. The van der Waals surface area contributed by atoms with Crippen LogP contribution < -0.4 is 11.1 Å². The quantitative estimate of drug-likeness (QED) is 0.876. The number of hydrogen-bond acceptors (Lipinski definition) is 3. The Morgan fingerprint density at radius 3 is 2.75 bits per heavy atom. The monoisotopic (exact) mass is 298 g/mol. The number of nitrogens with one attached hydrogen (secondary N) is 1. The van der Waals surface area contributed by atoms with E-state index >= 15 is 0 Å². The van der Waals surface area contributed by atoms with E-state index in [1.807, 2.05) is 37.3 Å². The molecule has 0 saturated carbocycles. The minimum absolute atomic E-state index is 0. The number of rotatable bonds is 5. The van der Waals surface area contributed by atoms with E-state index in [-0.39, 0.29) is 30.0 Å². The average molecular weight is 299 g/mol. The topological polar surface area (TPSA) is 64.4 Å². The lowest BCUT2D eigenvalue weighted by Crippen LogP contribution is -2.40. The van der Waals surface area contributed by atoms with Crippen LogP contribution in [0.15, 0.2) is 30.3 Å². The Morgan fingerprint density at radius 2 is 2.15 bits per heavy atom. The molecular formula is C15H23ClN2O2. The number of hydrogen-bond donors (Lipinski definition) is 2. The van der Waals surface area contributed by atoms with Gasteiger partial charge in [-0.3, -0.25) is 4.79 Å². The molecule has 1 saturated heterocycles. The van der Waals surface area contributed by atoms with Crippen molar-refractivity contribution in [1.29, 1.82) is 0 Å². The first-order chi connectivity index (χ1) is 9.09. The van der Waals surface area contributed by atoms with E-state index in [0.29, 0.717) is 13.0 Å². The molecule has 4 nitrogen and oxygen atoms in total. The van der Waals surface area contributed by atoms with Gasteiger partial charge < -0.3 is 15.8 Å². The Hall–Kier alpha value is -1.10. The van der Waals surface area contributed by atoms with Gasteiger partial charge in [-0.05, 0) is 25.3 Å². The summed E-state index contributed by atoms with van der Waals surface area (Å²) in [6.07, 6.45) is 2.37. The van der Waals surface area contributed by atoms with Crippen LogP contribution in [0.5, 0.6) is 0 Å². The van der Waals surface area contributed by atoms with Crippen LogP contribution in [0.3, 0.4) is 0 Å². The molecule has 1 aromatic rings. The highest BCUT2D eigenvalue weighted by atomic mass is 35.5. The van der Waals surface area contributed by atoms with Crippen LogP contribution in [0, 0.1) is 0 Å². The molecule has 3 N–H and O–H groups in total. The van der Waals surface area contributed by atoms with Crippen molar-refractivity contribution in [2.24, 2.45) is 5.73 Å². The van der Waals surface area contributed by atoms with E-state index in [1.54, 1.807) is 0 Å². The van der Waals surface area contributed by atoms with Crippen molar-refractivity contribution in [3.05, 3.63) is 35.9 Å². The molecule has 1 aromatic carbocycles. The van der Waals surface area contributed by atoms with Gasteiger partial charge in [-0.2, -0.15) is 0 Å². The van der Waals surface area contributed by atoms with E-state index in [9.17, 15) is 4.79 Å². The predicted molar refractivity (Wildman–Crippen MR) is 81.8 cm³/mol. The van der Waals surface area contributed by atoms with Crippen molar-refractivity contribution >= 4 is 18.3 Å². The summed E-state index contributed by atoms with van der Waals surface area (Å²) in [6, 6.07) is 9.44.